The summed E-state index contributed by atoms with van der Waals surface area (Å²) in [6.45, 7) is 4.06. The number of hydrogen-bond donors (Lipinski definition) is 2. The van der Waals surface area contributed by atoms with Gasteiger partial charge in [-0.25, -0.2) is 13.1 Å². The Balaban J connectivity index is 0.00000264. The van der Waals surface area contributed by atoms with Crippen molar-refractivity contribution in [2.45, 2.75) is 30.0 Å². The molecule has 0 saturated carbocycles. The van der Waals surface area contributed by atoms with E-state index in [2.05, 4.69) is 10.0 Å². The molecule has 0 aromatic carbocycles. The highest BCUT2D eigenvalue weighted by atomic mass is 35.5. The Morgan fingerprint density at radius 2 is 2.26 bits per heavy atom. The third-order valence-electron chi connectivity index (χ3n) is 3.49. The van der Waals surface area contributed by atoms with Crippen molar-refractivity contribution in [2.75, 3.05) is 26.2 Å². The van der Waals surface area contributed by atoms with Crippen LogP contribution in [0.3, 0.4) is 0 Å². The topological polar surface area (TPSA) is 78.5 Å². The third-order valence-corrected chi connectivity index (χ3v) is 6.61. The molecule has 1 aromatic rings. The molecule has 2 rings (SSSR count). The van der Waals surface area contributed by atoms with Crippen molar-refractivity contribution in [1.29, 1.82) is 0 Å². The van der Waals surface area contributed by atoms with E-state index < -0.39 is 10.0 Å². The van der Waals surface area contributed by atoms with E-state index in [9.17, 15) is 13.2 Å². The molecule has 1 aliphatic heterocycles. The van der Waals surface area contributed by atoms with E-state index in [1.807, 2.05) is 6.92 Å². The van der Waals surface area contributed by atoms with E-state index in [1.54, 1.807) is 4.90 Å². The quantitative estimate of drug-likeness (QED) is 0.728. The summed E-state index contributed by atoms with van der Waals surface area (Å²) >= 11 is 6.72. The first-order chi connectivity index (χ1) is 10.4. The molecule has 10 heteroatoms. The maximum Gasteiger partial charge on any atom is 0.250 e. The van der Waals surface area contributed by atoms with Gasteiger partial charge in [0.2, 0.25) is 5.91 Å². The molecule has 0 aliphatic carbocycles. The Bertz CT molecular complexity index is 616. The molecule has 1 atom stereocenters. The van der Waals surface area contributed by atoms with Crippen LogP contribution in [0.1, 0.15) is 19.8 Å². The monoisotopic (exact) mass is 401 g/mol. The Morgan fingerprint density at radius 1 is 1.52 bits per heavy atom. The molecular weight excluding hydrogens is 381 g/mol. The van der Waals surface area contributed by atoms with Crippen molar-refractivity contribution in [3.05, 3.63) is 16.5 Å². The predicted molar refractivity (Wildman–Crippen MR) is 95.0 cm³/mol. The maximum absolute atomic E-state index is 12.4. The number of carbonyl (C=O) groups is 1. The van der Waals surface area contributed by atoms with Crippen LogP contribution in [0.25, 0.3) is 0 Å². The van der Waals surface area contributed by atoms with Crippen LogP contribution in [0.2, 0.25) is 4.34 Å². The number of rotatable bonds is 7. The van der Waals surface area contributed by atoms with Crippen molar-refractivity contribution in [3.63, 3.8) is 0 Å². The molecule has 6 nitrogen and oxygen atoms in total. The molecule has 1 saturated heterocycles. The fourth-order valence-electron chi connectivity index (χ4n) is 2.43. The number of nitrogens with zero attached hydrogens (tertiary/aromatic N) is 1. The smallest absolute Gasteiger partial charge is 0.250 e. The molecule has 1 amide bonds. The third kappa shape index (κ3) is 5.58. The summed E-state index contributed by atoms with van der Waals surface area (Å²) in [6.07, 6.45) is 1.74. The fourth-order valence-corrected chi connectivity index (χ4v) is 4.93. The van der Waals surface area contributed by atoms with Gasteiger partial charge in [0.1, 0.15) is 4.21 Å². The van der Waals surface area contributed by atoms with Gasteiger partial charge in [-0.3, -0.25) is 4.79 Å². The number of sulfonamides is 1. The van der Waals surface area contributed by atoms with Crippen molar-refractivity contribution in [1.82, 2.24) is 14.9 Å². The van der Waals surface area contributed by atoms with E-state index in [-0.39, 0.29) is 35.1 Å². The Morgan fingerprint density at radius 3 is 2.78 bits per heavy atom. The van der Waals surface area contributed by atoms with Crippen molar-refractivity contribution in [2.24, 2.45) is 0 Å². The fraction of sp³-hybridized carbons (Fsp3) is 0.615. The maximum atomic E-state index is 12.4. The summed E-state index contributed by atoms with van der Waals surface area (Å²) in [6, 6.07) is 3.11. The lowest BCUT2D eigenvalue weighted by molar-refractivity contribution is -0.131. The largest absolute Gasteiger partial charge is 0.337 e. The molecule has 1 fully saturated rings. The molecule has 0 bridgehead atoms. The highest BCUT2D eigenvalue weighted by molar-refractivity contribution is 7.91. The molecule has 23 heavy (non-hydrogen) atoms. The van der Waals surface area contributed by atoms with Gasteiger partial charge in [-0.1, -0.05) is 18.5 Å². The average molecular weight is 402 g/mol. The minimum atomic E-state index is -3.69. The summed E-state index contributed by atoms with van der Waals surface area (Å²) in [5.41, 5.74) is 0. The highest BCUT2D eigenvalue weighted by Crippen LogP contribution is 2.25. The number of carbonyl (C=O) groups excluding carboxylic acids is 1. The lowest BCUT2D eigenvalue weighted by Crippen LogP contribution is -2.46. The molecule has 2 heterocycles. The number of halogens is 2. The van der Waals surface area contributed by atoms with Crippen LogP contribution in [0.15, 0.2) is 16.3 Å². The van der Waals surface area contributed by atoms with Crippen molar-refractivity contribution >= 4 is 51.3 Å². The van der Waals surface area contributed by atoms with Crippen LogP contribution >= 0.6 is 35.3 Å². The van der Waals surface area contributed by atoms with E-state index in [4.69, 9.17) is 11.6 Å². The second kappa shape index (κ2) is 9.19. The minimum Gasteiger partial charge on any atom is -0.337 e. The second-order valence-electron chi connectivity index (χ2n) is 5.12. The molecule has 2 N–H and O–H groups in total. The van der Waals surface area contributed by atoms with Gasteiger partial charge in [-0.05, 0) is 31.5 Å². The molecule has 0 spiro atoms. The Hall–Kier alpha value is -0.380. The van der Waals surface area contributed by atoms with Gasteiger partial charge >= 0.3 is 0 Å². The van der Waals surface area contributed by atoms with Gasteiger partial charge in [-0.2, -0.15) is 0 Å². The number of nitrogens with one attached hydrogen (secondary N) is 2. The molecule has 1 aromatic heterocycles. The van der Waals surface area contributed by atoms with Gasteiger partial charge in [0, 0.05) is 19.1 Å². The summed E-state index contributed by atoms with van der Waals surface area (Å²) in [4.78, 5) is 14.1. The molecular formula is C13H21Cl2N3O3S2. The molecule has 0 radical (unpaired) electrons. The summed E-state index contributed by atoms with van der Waals surface area (Å²) in [5, 5.41) is 3.22. The van der Waals surface area contributed by atoms with Crippen LogP contribution in [0.5, 0.6) is 0 Å². The summed E-state index contributed by atoms with van der Waals surface area (Å²) < 4.78 is 27.1. The minimum absolute atomic E-state index is 0. The molecule has 132 valence electrons. The predicted octanol–water partition coefficient (Wildman–Crippen LogP) is 1.70. The zero-order chi connectivity index (χ0) is 16.2. The normalized spacial score (nSPS) is 17.7. The van der Waals surface area contributed by atoms with E-state index >= 15 is 0 Å². The van der Waals surface area contributed by atoms with E-state index in [1.165, 1.54) is 12.1 Å². The standard InChI is InChI=1S/C13H20ClN3O3S2.ClH/c1-2-7-17(10-5-6-15-8-10)12(18)9-16-22(19,20)13-4-3-11(14)21-13;/h3-4,10,15-16H,2,5-9H2,1H3;1H. The first-order valence-corrected chi connectivity index (χ1v) is 9.87. The first-order valence-electron chi connectivity index (χ1n) is 7.19. The van der Waals surface area contributed by atoms with Gasteiger partial charge in [0.05, 0.1) is 10.9 Å². The van der Waals surface area contributed by atoms with Crippen LogP contribution < -0.4 is 10.0 Å². The van der Waals surface area contributed by atoms with E-state index in [0.717, 1.165) is 37.3 Å². The lowest BCUT2D eigenvalue weighted by atomic mass is 10.2. The van der Waals surface area contributed by atoms with Gasteiger partial charge < -0.3 is 10.2 Å². The van der Waals surface area contributed by atoms with Crippen molar-refractivity contribution < 1.29 is 13.2 Å². The van der Waals surface area contributed by atoms with Gasteiger partial charge in [-0.15, -0.1) is 23.7 Å². The van der Waals surface area contributed by atoms with Crippen LogP contribution in [-0.4, -0.2) is 51.4 Å². The van der Waals surface area contributed by atoms with E-state index in [0.29, 0.717) is 10.9 Å². The van der Waals surface area contributed by atoms with Crippen LogP contribution in [-0.2, 0) is 14.8 Å². The van der Waals surface area contributed by atoms with Crippen LogP contribution in [0.4, 0.5) is 0 Å². The van der Waals surface area contributed by atoms with Crippen LogP contribution in [0, 0.1) is 0 Å². The zero-order valence-electron chi connectivity index (χ0n) is 12.7. The Kier molecular flexibility index (Phi) is 8.26. The zero-order valence-corrected chi connectivity index (χ0v) is 16.0. The number of amides is 1. The molecule has 1 aliphatic rings. The summed E-state index contributed by atoms with van der Waals surface area (Å²) in [7, 11) is -3.69. The second-order valence-corrected chi connectivity index (χ2v) is 8.83. The first kappa shape index (κ1) is 20.7. The summed E-state index contributed by atoms with van der Waals surface area (Å²) in [5.74, 6) is -0.193. The highest BCUT2D eigenvalue weighted by Gasteiger charge is 2.27. The average Bonchev–Trinajstić information content (AvgIpc) is 3.13. The number of thiophene rings is 1. The molecule has 1 unspecified atom stereocenters. The number of hydrogen-bond acceptors (Lipinski definition) is 5. The van der Waals surface area contributed by atoms with Gasteiger partial charge in [0.25, 0.3) is 10.0 Å². The van der Waals surface area contributed by atoms with Crippen molar-refractivity contribution in [3.8, 4) is 0 Å². The van der Waals surface area contributed by atoms with Gasteiger partial charge in [0.15, 0.2) is 0 Å². The lowest BCUT2D eigenvalue weighted by Gasteiger charge is -2.28. The SMILES string of the molecule is CCCN(C(=O)CNS(=O)(=O)c1ccc(Cl)s1)C1CCNC1.Cl. The Labute approximate surface area is 152 Å².